The lowest BCUT2D eigenvalue weighted by molar-refractivity contribution is 0.0946. The van der Waals surface area contributed by atoms with Crippen molar-refractivity contribution in [3.05, 3.63) is 89.9 Å². The average molecular weight is 399 g/mol. The molecule has 150 valence electrons. The summed E-state index contributed by atoms with van der Waals surface area (Å²) in [7, 11) is 1.61. The van der Waals surface area contributed by atoms with Crippen LogP contribution in [0.5, 0.6) is 5.75 Å². The van der Waals surface area contributed by atoms with Gasteiger partial charge in [0, 0.05) is 24.5 Å². The summed E-state index contributed by atoms with van der Waals surface area (Å²) < 4.78 is 6.91. The van der Waals surface area contributed by atoms with Gasteiger partial charge in [0.25, 0.3) is 5.91 Å². The van der Waals surface area contributed by atoms with E-state index in [1.54, 1.807) is 24.2 Å². The molecule has 2 heterocycles. The molecule has 1 amide bonds. The maximum absolute atomic E-state index is 13.0. The Balaban J connectivity index is 1.68. The van der Waals surface area contributed by atoms with Gasteiger partial charge in [-0.15, -0.1) is 5.10 Å². The molecule has 0 bridgehead atoms. The van der Waals surface area contributed by atoms with Crippen molar-refractivity contribution in [2.45, 2.75) is 13.5 Å². The summed E-state index contributed by atoms with van der Waals surface area (Å²) in [6.45, 7) is 2.35. The van der Waals surface area contributed by atoms with Crippen molar-refractivity contribution >= 4 is 5.91 Å². The van der Waals surface area contributed by atoms with Crippen LogP contribution in [0, 0.1) is 6.92 Å². The highest BCUT2D eigenvalue weighted by Gasteiger charge is 2.22. The van der Waals surface area contributed by atoms with Gasteiger partial charge in [0.05, 0.1) is 12.8 Å². The third-order valence-electron chi connectivity index (χ3n) is 4.65. The third kappa shape index (κ3) is 4.05. The van der Waals surface area contributed by atoms with Gasteiger partial charge < -0.3 is 10.1 Å². The highest BCUT2D eigenvalue weighted by atomic mass is 16.5. The lowest BCUT2D eigenvalue weighted by Gasteiger charge is -2.09. The molecule has 4 rings (SSSR count). The lowest BCUT2D eigenvalue weighted by Crippen LogP contribution is -2.24. The number of nitrogens with one attached hydrogen (secondary N) is 1. The summed E-state index contributed by atoms with van der Waals surface area (Å²) in [5.74, 6) is 0.429. The molecule has 0 fully saturated rings. The van der Waals surface area contributed by atoms with Crippen molar-refractivity contribution < 1.29 is 9.53 Å². The molecule has 7 heteroatoms. The van der Waals surface area contributed by atoms with Crippen molar-refractivity contribution in [1.29, 1.82) is 0 Å². The molecular formula is C23H21N5O2. The number of benzene rings is 2. The van der Waals surface area contributed by atoms with Gasteiger partial charge in [-0.05, 0) is 54.4 Å². The molecule has 0 radical (unpaired) electrons. The maximum Gasteiger partial charge on any atom is 0.274 e. The fourth-order valence-corrected chi connectivity index (χ4v) is 3.19. The van der Waals surface area contributed by atoms with Gasteiger partial charge in [-0.25, -0.2) is 4.68 Å². The Bertz CT molecular complexity index is 1170. The number of ether oxygens (including phenoxy) is 1. The number of nitrogens with zero attached hydrogens (tertiary/aromatic N) is 4. The van der Waals surface area contributed by atoms with E-state index in [1.807, 2.05) is 67.6 Å². The van der Waals surface area contributed by atoms with Gasteiger partial charge in [-0.3, -0.25) is 9.78 Å². The van der Waals surface area contributed by atoms with Crippen molar-refractivity contribution in [2.75, 3.05) is 7.11 Å². The minimum Gasteiger partial charge on any atom is -0.497 e. The monoisotopic (exact) mass is 399 g/mol. The van der Waals surface area contributed by atoms with Gasteiger partial charge in [0.2, 0.25) is 0 Å². The molecule has 4 aromatic rings. The lowest BCUT2D eigenvalue weighted by atomic mass is 10.1. The molecule has 0 unspecified atom stereocenters. The minimum atomic E-state index is -0.310. The first-order valence-corrected chi connectivity index (χ1v) is 9.50. The van der Waals surface area contributed by atoms with Crippen LogP contribution in [0.2, 0.25) is 0 Å². The standard InChI is InChI=1S/C23H21N5O2/c1-16-6-3-9-19(12-16)28-22(18-8-5-11-24-15-18)21(26-27-28)23(29)25-14-17-7-4-10-20(13-17)30-2/h3-13,15H,14H2,1-2H3,(H,25,29). The first-order valence-electron chi connectivity index (χ1n) is 9.50. The molecule has 0 atom stereocenters. The van der Waals surface area contributed by atoms with Gasteiger partial charge in [0.1, 0.15) is 11.4 Å². The molecule has 30 heavy (non-hydrogen) atoms. The third-order valence-corrected chi connectivity index (χ3v) is 4.65. The van der Waals surface area contributed by atoms with Gasteiger partial charge in [0.15, 0.2) is 5.69 Å². The van der Waals surface area contributed by atoms with E-state index in [0.717, 1.165) is 28.1 Å². The van der Waals surface area contributed by atoms with Crippen LogP contribution in [-0.2, 0) is 6.54 Å². The first-order chi connectivity index (χ1) is 14.7. The molecule has 0 spiro atoms. The van der Waals surface area contributed by atoms with E-state index in [9.17, 15) is 4.79 Å². The summed E-state index contributed by atoms with van der Waals surface area (Å²) in [4.78, 5) is 17.2. The van der Waals surface area contributed by atoms with Crippen molar-refractivity contribution in [3.63, 3.8) is 0 Å². The molecule has 0 aliphatic rings. The van der Waals surface area contributed by atoms with Crippen LogP contribution in [0.1, 0.15) is 21.6 Å². The zero-order valence-corrected chi connectivity index (χ0v) is 16.7. The Kier molecular flexibility index (Phi) is 5.52. The van der Waals surface area contributed by atoms with Crippen LogP contribution in [0.25, 0.3) is 16.9 Å². The van der Waals surface area contributed by atoms with Crippen LogP contribution >= 0.6 is 0 Å². The molecule has 2 aromatic heterocycles. The van der Waals surface area contributed by atoms with Crippen LogP contribution in [0.3, 0.4) is 0 Å². The molecule has 0 aliphatic carbocycles. The summed E-state index contributed by atoms with van der Waals surface area (Å²) >= 11 is 0. The summed E-state index contributed by atoms with van der Waals surface area (Å²) in [6, 6.07) is 19.1. The van der Waals surface area contributed by atoms with E-state index in [1.165, 1.54) is 0 Å². The second-order valence-electron chi connectivity index (χ2n) is 6.81. The number of rotatable bonds is 6. The van der Waals surface area contributed by atoms with E-state index in [-0.39, 0.29) is 11.6 Å². The number of pyridine rings is 1. The summed E-state index contributed by atoms with van der Waals surface area (Å²) in [6.07, 6.45) is 3.39. The predicted molar refractivity (Wildman–Crippen MR) is 113 cm³/mol. The number of carbonyl (C=O) groups excluding carboxylic acids is 1. The molecule has 0 saturated heterocycles. The fraction of sp³-hybridized carbons (Fsp3) is 0.130. The Morgan fingerprint density at radius 3 is 2.73 bits per heavy atom. The summed E-state index contributed by atoms with van der Waals surface area (Å²) in [5.41, 5.74) is 4.44. The second-order valence-corrected chi connectivity index (χ2v) is 6.81. The van der Waals surface area contributed by atoms with Crippen LogP contribution < -0.4 is 10.1 Å². The number of aryl methyl sites for hydroxylation is 1. The largest absolute Gasteiger partial charge is 0.497 e. The summed E-state index contributed by atoms with van der Waals surface area (Å²) in [5, 5.41) is 11.4. The molecule has 2 aromatic carbocycles. The number of amides is 1. The van der Waals surface area contributed by atoms with Gasteiger partial charge in [-0.2, -0.15) is 0 Å². The first kappa shape index (κ1) is 19.3. The smallest absolute Gasteiger partial charge is 0.274 e. The van der Waals surface area contributed by atoms with Gasteiger partial charge in [-0.1, -0.05) is 29.5 Å². The second kappa shape index (κ2) is 8.57. The normalized spacial score (nSPS) is 10.6. The predicted octanol–water partition coefficient (Wildman–Crippen LogP) is 3.58. The molecule has 0 saturated carbocycles. The number of hydrogen-bond acceptors (Lipinski definition) is 5. The zero-order valence-electron chi connectivity index (χ0n) is 16.7. The van der Waals surface area contributed by atoms with Crippen LogP contribution in [0.15, 0.2) is 73.1 Å². The van der Waals surface area contributed by atoms with Gasteiger partial charge >= 0.3 is 0 Å². The number of methoxy groups -OCH3 is 1. The SMILES string of the molecule is COc1cccc(CNC(=O)c2nnn(-c3cccc(C)c3)c2-c2cccnc2)c1. The zero-order chi connectivity index (χ0) is 20.9. The average Bonchev–Trinajstić information content (AvgIpc) is 3.23. The van der Waals surface area contributed by atoms with Crippen LogP contribution in [0.4, 0.5) is 0 Å². The molecule has 0 aliphatic heterocycles. The van der Waals surface area contributed by atoms with Crippen molar-refractivity contribution in [2.24, 2.45) is 0 Å². The van der Waals surface area contributed by atoms with Crippen molar-refractivity contribution in [1.82, 2.24) is 25.3 Å². The van der Waals surface area contributed by atoms with Crippen molar-refractivity contribution in [3.8, 4) is 22.7 Å². The highest BCUT2D eigenvalue weighted by molar-refractivity contribution is 5.98. The van der Waals surface area contributed by atoms with E-state index < -0.39 is 0 Å². The van der Waals surface area contributed by atoms with Crippen LogP contribution in [-0.4, -0.2) is 33.0 Å². The molecule has 1 N–H and O–H groups in total. The molecule has 7 nitrogen and oxygen atoms in total. The van der Waals surface area contributed by atoms with E-state index >= 15 is 0 Å². The number of carbonyl (C=O) groups is 1. The Morgan fingerprint density at radius 1 is 1.10 bits per heavy atom. The number of hydrogen-bond donors (Lipinski definition) is 1. The Morgan fingerprint density at radius 2 is 1.97 bits per heavy atom. The molecular weight excluding hydrogens is 378 g/mol. The van der Waals surface area contributed by atoms with E-state index in [2.05, 4.69) is 20.6 Å². The minimum absolute atomic E-state index is 0.243. The van der Waals surface area contributed by atoms with E-state index in [4.69, 9.17) is 4.74 Å². The highest BCUT2D eigenvalue weighted by Crippen LogP contribution is 2.25. The topological polar surface area (TPSA) is 81.9 Å². The Labute approximate surface area is 174 Å². The fourth-order valence-electron chi connectivity index (χ4n) is 3.19. The van der Waals surface area contributed by atoms with E-state index in [0.29, 0.717) is 12.2 Å². The number of aromatic nitrogens is 4. The quantitative estimate of drug-likeness (QED) is 0.536. The maximum atomic E-state index is 13.0. The Hall–Kier alpha value is -4.00.